The van der Waals surface area contributed by atoms with Gasteiger partial charge in [-0.05, 0) is 87.2 Å². The third-order valence-electron chi connectivity index (χ3n) is 6.48. The highest BCUT2D eigenvalue weighted by Gasteiger charge is 2.32. The summed E-state index contributed by atoms with van der Waals surface area (Å²) >= 11 is 0. The van der Waals surface area contributed by atoms with Gasteiger partial charge in [-0.2, -0.15) is 0 Å². The summed E-state index contributed by atoms with van der Waals surface area (Å²) in [5.74, 6) is 1.32. The summed E-state index contributed by atoms with van der Waals surface area (Å²) in [6, 6.07) is 0. The highest BCUT2D eigenvalue weighted by atomic mass is 19.2. The fourth-order valence-electron chi connectivity index (χ4n) is 4.83. The molecule has 136 valence electrons. The Hall–Kier alpha value is -0.920. The summed E-state index contributed by atoms with van der Waals surface area (Å²) in [6.07, 6.45) is 13.0. The topological polar surface area (TPSA) is 0 Å². The van der Waals surface area contributed by atoms with Gasteiger partial charge in [-0.15, -0.1) is 0 Å². The maximum absolute atomic E-state index is 14.4. The number of halogens is 2. The van der Waals surface area contributed by atoms with E-state index in [2.05, 4.69) is 13.5 Å². The van der Waals surface area contributed by atoms with Crippen LogP contribution in [0.4, 0.5) is 8.78 Å². The van der Waals surface area contributed by atoms with Gasteiger partial charge in [0, 0.05) is 0 Å². The minimum atomic E-state index is -0.775. The molecule has 0 nitrogen and oxygen atoms in total. The lowest BCUT2D eigenvalue weighted by atomic mass is 9.68. The summed E-state index contributed by atoms with van der Waals surface area (Å²) in [6.45, 7) is 9.17. The fourth-order valence-corrected chi connectivity index (χ4v) is 4.83. The molecule has 0 unspecified atom stereocenters. The maximum atomic E-state index is 14.4. The van der Waals surface area contributed by atoms with Crippen LogP contribution in [0.25, 0.3) is 0 Å². The maximum Gasteiger partial charge on any atom is 0.162 e. The monoisotopic (exact) mass is 336 g/mol. The first-order valence-electron chi connectivity index (χ1n) is 9.85. The summed E-state index contributed by atoms with van der Waals surface area (Å²) in [7, 11) is 0. The van der Waals surface area contributed by atoms with Gasteiger partial charge in [0.15, 0.2) is 11.7 Å². The molecular formula is C22H34F2. The van der Waals surface area contributed by atoms with Crippen LogP contribution in [0.2, 0.25) is 0 Å². The molecule has 2 heteroatoms. The van der Waals surface area contributed by atoms with Crippen LogP contribution >= 0.6 is 0 Å². The number of rotatable bonds is 5. The van der Waals surface area contributed by atoms with Crippen molar-refractivity contribution in [2.24, 2.45) is 23.7 Å². The van der Waals surface area contributed by atoms with E-state index in [1.165, 1.54) is 51.9 Å². The number of hydrogen-bond donors (Lipinski definition) is 0. The van der Waals surface area contributed by atoms with E-state index in [4.69, 9.17) is 0 Å². The van der Waals surface area contributed by atoms with Gasteiger partial charge in [0.1, 0.15) is 0 Å². The second kappa shape index (κ2) is 8.97. The third kappa shape index (κ3) is 4.58. The second-order valence-electron chi connectivity index (χ2n) is 7.95. The second-order valence-corrected chi connectivity index (χ2v) is 7.95. The molecule has 0 spiro atoms. The molecule has 0 heterocycles. The molecule has 0 aliphatic heterocycles. The Labute approximate surface area is 147 Å². The highest BCUT2D eigenvalue weighted by molar-refractivity contribution is 5.36. The third-order valence-corrected chi connectivity index (χ3v) is 6.48. The summed E-state index contributed by atoms with van der Waals surface area (Å²) in [5, 5.41) is 0. The Balaban J connectivity index is 1.92. The molecular weight excluding hydrogens is 302 g/mol. The van der Waals surface area contributed by atoms with E-state index in [0.29, 0.717) is 5.57 Å². The molecule has 24 heavy (non-hydrogen) atoms. The molecule has 2 fully saturated rings. The fraction of sp³-hybridized carbons (Fsp3) is 0.727. The summed E-state index contributed by atoms with van der Waals surface area (Å²) in [4.78, 5) is 0. The van der Waals surface area contributed by atoms with Crippen molar-refractivity contribution in [2.75, 3.05) is 0 Å². The van der Waals surface area contributed by atoms with Gasteiger partial charge in [-0.3, -0.25) is 0 Å². The Morgan fingerprint density at radius 1 is 0.917 bits per heavy atom. The van der Waals surface area contributed by atoms with E-state index in [1.807, 2.05) is 6.92 Å². The van der Waals surface area contributed by atoms with Gasteiger partial charge >= 0.3 is 0 Å². The first-order valence-corrected chi connectivity index (χ1v) is 9.85. The van der Waals surface area contributed by atoms with Crippen LogP contribution in [0.5, 0.6) is 0 Å². The molecule has 0 atom stereocenters. The molecule has 2 aliphatic rings. The normalized spacial score (nSPS) is 33.1. The highest BCUT2D eigenvalue weighted by Crippen LogP contribution is 2.44. The van der Waals surface area contributed by atoms with Crippen molar-refractivity contribution in [1.29, 1.82) is 0 Å². The van der Waals surface area contributed by atoms with E-state index in [-0.39, 0.29) is 11.5 Å². The van der Waals surface area contributed by atoms with Crippen molar-refractivity contribution in [3.8, 4) is 0 Å². The lowest BCUT2D eigenvalue weighted by Crippen LogP contribution is -2.26. The molecule has 0 radical (unpaired) electrons. The molecule has 0 N–H and O–H groups in total. The standard InChI is InChI=1S/C22H34F2/c1-5-16-7-9-17(10-8-16)18-11-13-19(14-12-18)20(6-2)22(24)21(23)15(3)4/h6,16-19H,3,5,7-14H2,1-2,4H3/b20-6-,22-21-. The molecule has 0 aromatic rings. The SMILES string of the molecule is C=C(C)/C(F)=C(F)\C(=C/C)C1CCC(C2CCC(CC)CC2)CC1. The van der Waals surface area contributed by atoms with E-state index in [0.717, 1.165) is 30.6 Å². The molecule has 2 rings (SSSR count). The molecule has 2 aliphatic carbocycles. The van der Waals surface area contributed by atoms with E-state index < -0.39 is 11.7 Å². The Kier molecular flexibility index (Phi) is 7.25. The summed E-state index contributed by atoms with van der Waals surface area (Å²) in [5.41, 5.74) is 0.733. The van der Waals surface area contributed by atoms with E-state index in [9.17, 15) is 8.78 Å². The Morgan fingerprint density at radius 3 is 1.83 bits per heavy atom. The van der Waals surface area contributed by atoms with E-state index in [1.54, 1.807) is 6.08 Å². The van der Waals surface area contributed by atoms with Gasteiger partial charge in [0.25, 0.3) is 0 Å². The van der Waals surface area contributed by atoms with Crippen LogP contribution in [0.15, 0.2) is 35.5 Å². The predicted octanol–water partition coefficient (Wildman–Crippen LogP) is 7.68. The molecule has 0 amide bonds. The van der Waals surface area contributed by atoms with Gasteiger partial charge in [0.2, 0.25) is 0 Å². The lowest BCUT2D eigenvalue weighted by molar-refractivity contribution is 0.152. The molecule has 0 aromatic carbocycles. The van der Waals surface area contributed by atoms with Crippen LogP contribution in [0.1, 0.15) is 78.6 Å². The van der Waals surface area contributed by atoms with Crippen LogP contribution in [0.3, 0.4) is 0 Å². The average molecular weight is 337 g/mol. The minimum Gasteiger partial charge on any atom is -0.203 e. The van der Waals surface area contributed by atoms with Gasteiger partial charge < -0.3 is 0 Å². The lowest BCUT2D eigenvalue weighted by Gasteiger charge is -2.38. The average Bonchev–Trinajstić information content (AvgIpc) is 2.62. The zero-order chi connectivity index (χ0) is 17.7. The Morgan fingerprint density at radius 2 is 1.42 bits per heavy atom. The van der Waals surface area contributed by atoms with Gasteiger partial charge in [-0.25, -0.2) is 8.78 Å². The Bertz CT molecular complexity index is 484. The molecule has 2 saturated carbocycles. The van der Waals surface area contributed by atoms with Crippen molar-refractivity contribution < 1.29 is 8.78 Å². The van der Waals surface area contributed by atoms with Crippen LogP contribution in [-0.2, 0) is 0 Å². The number of hydrogen-bond acceptors (Lipinski definition) is 0. The first kappa shape index (κ1) is 19.4. The molecule has 0 saturated heterocycles. The minimum absolute atomic E-state index is 0.170. The van der Waals surface area contributed by atoms with Crippen molar-refractivity contribution in [2.45, 2.75) is 78.6 Å². The van der Waals surface area contributed by atoms with Gasteiger partial charge in [0.05, 0.1) is 0 Å². The molecule has 0 aromatic heterocycles. The molecule has 0 bridgehead atoms. The van der Waals surface area contributed by atoms with Crippen molar-refractivity contribution in [3.05, 3.63) is 35.5 Å². The van der Waals surface area contributed by atoms with Crippen LogP contribution in [0, 0.1) is 23.7 Å². The summed E-state index contributed by atoms with van der Waals surface area (Å²) < 4.78 is 28.3. The number of allylic oxidation sites excluding steroid dienone is 5. The van der Waals surface area contributed by atoms with Crippen molar-refractivity contribution >= 4 is 0 Å². The zero-order valence-corrected chi connectivity index (χ0v) is 15.7. The van der Waals surface area contributed by atoms with Crippen LogP contribution < -0.4 is 0 Å². The zero-order valence-electron chi connectivity index (χ0n) is 15.7. The predicted molar refractivity (Wildman–Crippen MR) is 99.0 cm³/mol. The van der Waals surface area contributed by atoms with Crippen LogP contribution in [-0.4, -0.2) is 0 Å². The smallest absolute Gasteiger partial charge is 0.162 e. The van der Waals surface area contributed by atoms with E-state index >= 15 is 0 Å². The first-order chi connectivity index (χ1) is 11.5. The van der Waals surface area contributed by atoms with Gasteiger partial charge in [-0.1, -0.05) is 38.8 Å². The van der Waals surface area contributed by atoms with Crippen molar-refractivity contribution in [3.63, 3.8) is 0 Å². The largest absolute Gasteiger partial charge is 0.203 e. The quantitative estimate of drug-likeness (QED) is 0.451. The van der Waals surface area contributed by atoms with Crippen molar-refractivity contribution in [1.82, 2.24) is 0 Å².